The normalized spacial score (nSPS) is 14.2. The SMILES string of the molecule is C=C(C)C(=C)OCCNC(=O)OC(C)C[C-](S(=O)(=O)C(F)(F)F)S(=O)(=O)C(F)(F)F. The van der Waals surface area contributed by atoms with Gasteiger partial charge >= 0.3 is 17.1 Å². The second kappa shape index (κ2) is 9.89. The number of hydrogen-bond donors (Lipinski definition) is 1. The monoisotopic (exact) mass is 490 g/mol. The number of allylic oxidation sites excluding steroid dienone is 1. The van der Waals surface area contributed by atoms with Crippen LogP contribution in [-0.2, 0) is 29.1 Å². The highest BCUT2D eigenvalue weighted by Crippen LogP contribution is 2.43. The second-order valence-electron chi connectivity index (χ2n) is 5.67. The average molecular weight is 490 g/mol. The molecule has 0 fully saturated rings. The summed E-state index contributed by atoms with van der Waals surface area (Å²) in [6.45, 7) is 8.87. The minimum absolute atomic E-state index is 0.155. The first-order chi connectivity index (χ1) is 13.2. The van der Waals surface area contributed by atoms with Gasteiger partial charge in [0.15, 0.2) is 0 Å². The maximum Gasteiger partial charge on any atom is 0.469 e. The molecular weight excluding hydrogens is 472 g/mol. The number of rotatable bonds is 10. The zero-order valence-corrected chi connectivity index (χ0v) is 17.2. The summed E-state index contributed by atoms with van der Waals surface area (Å²) < 4.78 is 128. The van der Waals surface area contributed by atoms with Crippen LogP contribution < -0.4 is 5.32 Å². The molecule has 1 N–H and O–H groups in total. The number of nitrogens with one attached hydrogen (secondary N) is 1. The summed E-state index contributed by atoms with van der Waals surface area (Å²) in [5.74, 6) is 0.187. The van der Waals surface area contributed by atoms with Crippen LogP contribution in [0.25, 0.3) is 0 Å². The minimum atomic E-state index is -6.89. The molecule has 30 heavy (non-hydrogen) atoms. The molecule has 0 aromatic heterocycles. The van der Waals surface area contributed by atoms with Crippen LogP contribution in [0.15, 0.2) is 24.5 Å². The molecule has 0 spiro atoms. The standard InChI is InChI=1S/C14H18F6NO7S2/c1-8(2)10(4)27-6-5-21-12(22)28-9(3)7-11(29(23,24)13(15,16)17)30(25,26)14(18,19)20/h9H,1,4-7H2,2-3H3,(H,21,22)/q-1. The van der Waals surface area contributed by atoms with Gasteiger partial charge in [-0.05, 0) is 19.4 Å². The van der Waals surface area contributed by atoms with Crippen LogP contribution in [0, 0.1) is 4.58 Å². The number of alkyl halides is 6. The molecular formula is C14H18F6NO7S2-. The zero-order chi connectivity index (χ0) is 24.1. The summed E-state index contributed by atoms with van der Waals surface area (Å²) >= 11 is 0. The Kier molecular flexibility index (Phi) is 9.24. The van der Waals surface area contributed by atoms with Crippen molar-refractivity contribution in [2.45, 2.75) is 37.4 Å². The Labute approximate surface area is 168 Å². The third-order valence-electron chi connectivity index (χ3n) is 3.09. The van der Waals surface area contributed by atoms with Crippen molar-refractivity contribution in [2.75, 3.05) is 13.2 Å². The van der Waals surface area contributed by atoms with Gasteiger partial charge in [0.1, 0.15) is 32.0 Å². The van der Waals surface area contributed by atoms with E-state index < -0.39 is 53.9 Å². The lowest BCUT2D eigenvalue weighted by atomic mass is 10.3. The summed E-state index contributed by atoms with van der Waals surface area (Å²) in [4.78, 5) is 11.5. The Bertz CT molecular complexity index is 818. The lowest BCUT2D eigenvalue weighted by Crippen LogP contribution is -2.41. The second-order valence-corrected chi connectivity index (χ2v) is 9.85. The molecule has 1 amide bonds. The number of amides is 1. The largest absolute Gasteiger partial charge is 0.492 e. The minimum Gasteiger partial charge on any atom is -0.492 e. The van der Waals surface area contributed by atoms with Crippen LogP contribution in [0.4, 0.5) is 31.1 Å². The molecule has 8 nitrogen and oxygen atoms in total. The van der Waals surface area contributed by atoms with E-state index in [4.69, 9.17) is 4.74 Å². The fourth-order valence-electron chi connectivity index (χ4n) is 1.57. The number of sulfone groups is 2. The molecule has 0 aliphatic rings. The summed E-state index contributed by atoms with van der Waals surface area (Å²) in [6.07, 6.45) is -5.25. The van der Waals surface area contributed by atoms with Crippen molar-refractivity contribution in [1.82, 2.24) is 5.32 Å². The van der Waals surface area contributed by atoms with Gasteiger partial charge in [0, 0.05) is 0 Å². The van der Waals surface area contributed by atoms with E-state index >= 15 is 0 Å². The van der Waals surface area contributed by atoms with Gasteiger partial charge < -0.3 is 14.8 Å². The third kappa shape index (κ3) is 7.37. The van der Waals surface area contributed by atoms with Crippen LogP contribution in [0.3, 0.4) is 0 Å². The molecule has 1 atom stereocenters. The predicted octanol–water partition coefficient (Wildman–Crippen LogP) is 2.96. The van der Waals surface area contributed by atoms with E-state index in [1.807, 2.05) is 5.32 Å². The van der Waals surface area contributed by atoms with E-state index in [2.05, 4.69) is 17.9 Å². The van der Waals surface area contributed by atoms with Crippen LogP contribution in [0.1, 0.15) is 20.3 Å². The van der Waals surface area contributed by atoms with Gasteiger partial charge in [-0.2, -0.15) is 26.3 Å². The van der Waals surface area contributed by atoms with Gasteiger partial charge in [0.25, 0.3) is 0 Å². The van der Waals surface area contributed by atoms with Gasteiger partial charge in [-0.25, -0.2) is 4.79 Å². The van der Waals surface area contributed by atoms with Crippen molar-refractivity contribution in [3.8, 4) is 0 Å². The first kappa shape index (κ1) is 28.0. The van der Waals surface area contributed by atoms with Crippen molar-refractivity contribution in [2.24, 2.45) is 0 Å². The topological polar surface area (TPSA) is 116 Å². The Balaban J connectivity index is 5.25. The summed E-state index contributed by atoms with van der Waals surface area (Å²) in [6, 6.07) is 0. The molecule has 0 aliphatic heterocycles. The highest BCUT2D eigenvalue weighted by atomic mass is 32.3. The van der Waals surface area contributed by atoms with Crippen LogP contribution >= 0.6 is 0 Å². The fourth-order valence-corrected chi connectivity index (χ4v) is 4.72. The van der Waals surface area contributed by atoms with Gasteiger partial charge in [0.2, 0.25) is 0 Å². The summed E-state index contributed by atoms with van der Waals surface area (Å²) in [7, 11) is -13.8. The van der Waals surface area contributed by atoms with E-state index in [1.165, 1.54) is 0 Å². The number of carbonyl (C=O) groups is 1. The van der Waals surface area contributed by atoms with Crippen molar-refractivity contribution >= 4 is 25.8 Å². The Hall–Kier alpha value is -1.97. The third-order valence-corrected chi connectivity index (χ3v) is 7.16. The quantitative estimate of drug-likeness (QED) is 0.165. The highest BCUT2D eigenvalue weighted by Gasteiger charge is 2.54. The van der Waals surface area contributed by atoms with Crippen molar-refractivity contribution < 1.29 is 57.4 Å². The molecule has 0 radical (unpaired) electrons. The molecule has 0 aliphatic carbocycles. The number of hydrogen-bond acceptors (Lipinski definition) is 7. The van der Waals surface area contributed by atoms with E-state index in [9.17, 15) is 48.0 Å². The predicted molar refractivity (Wildman–Crippen MR) is 91.7 cm³/mol. The smallest absolute Gasteiger partial charge is 0.469 e. The van der Waals surface area contributed by atoms with E-state index in [1.54, 1.807) is 6.92 Å². The molecule has 176 valence electrons. The molecule has 0 saturated carbocycles. The fraction of sp³-hybridized carbons (Fsp3) is 0.571. The number of carbonyl (C=O) groups excluding carboxylic acids is 1. The maximum atomic E-state index is 12.7. The van der Waals surface area contributed by atoms with E-state index in [0.717, 1.165) is 0 Å². The summed E-state index contributed by atoms with van der Waals surface area (Å²) in [5.41, 5.74) is -12.2. The van der Waals surface area contributed by atoms with Crippen molar-refractivity contribution in [1.29, 1.82) is 0 Å². The van der Waals surface area contributed by atoms with E-state index in [-0.39, 0.29) is 18.9 Å². The molecule has 0 heterocycles. The molecule has 0 bridgehead atoms. The molecule has 16 heteroatoms. The summed E-state index contributed by atoms with van der Waals surface area (Å²) in [5, 5.41) is 2.01. The van der Waals surface area contributed by atoms with E-state index in [0.29, 0.717) is 12.5 Å². The highest BCUT2D eigenvalue weighted by molar-refractivity contribution is 8.13. The molecule has 1 unspecified atom stereocenters. The molecule has 0 saturated heterocycles. The van der Waals surface area contributed by atoms with Crippen LogP contribution in [-0.4, -0.2) is 53.2 Å². The zero-order valence-electron chi connectivity index (χ0n) is 15.6. The Morgan fingerprint density at radius 3 is 1.83 bits per heavy atom. The number of ether oxygens (including phenoxy) is 2. The molecule has 0 aromatic carbocycles. The first-order valence-electron chi connectivity index (χ1n) is 7.65. The maximum absolute atomic E-state index is 12.7. The molecule has 0 aromatic rings. The van der Waals surface area contributed by atoms with Gasteiger partial charge in [-0.15, -0.1) is 6.42 Å². The van der Waals surface area contributed by atoms with Gasteiger partial charge in [0.05, 0.1) is 12.6 Å². The lowest BCUT2D eigenvalue weighted by Gasteiger charge is -2.33. The van der Waals surface area contributed by atoms with Gasteiger partial charge in [-0.3, -0.25) is 16.8 Å². The Morgan fingerprint density at radius 2 is 1.47 bits per heavy atom. The van der Waals surface area contributed by atoms with Crippen LogP contribution in [0.5, 0.6) is 0 Å². The molecule has 0 rings (SSSR count). The number of alkyl carbamates (subject to hydrolysis) is 1. The average Bonchev–Trinajstić information content (AvgIpc) is 2.53. The van der Waals surface area contributed by atoms with Crippen LogP contribution in [0.2, 0.25) is 0 Å². The Morgan fingerprint density at radius 1 is 1.03 bits per heavy atom. The number of halogens is 6. The van der Waals surface area contributed by atoms with Crippen molar-refractivity contribution in [3.05, 3.63) is 29.1 Å². The van der Waals surface area contributed by atoms with Crippen molar-refractivity contribution in [3.63, 3.8) is 0 Å². The first-order valence-corrected chi connectivity index (χ1v) is 10.6. The van der Waals surface area contributed by atoms with Gasteiger partial charge in [-0.1, -0.05) is 17.7 Å². The lowest BCUT2D eigenvalue weighted by molar-refractivity contribution is -0.0458.